The van der Waals surface area contributed by atoms with Crippen molar-refractivity contribution < 1.29 is 11.0 Å². The Morgan fingerprint density at radius 1 is 0.750 bits per heavy atom. The summed E-state index contributed by atoms with van der Waals surface area (Å²) in [6.45, 7) is 0. The van der Waals surface area contributed by atoms with Gasteiger partial charge in [-0.1, -0.05) is 0 Å². The van der Waals surface area contributed by atoms with Crippen molar-refractivity contribution in [2.45, 2.75) is 0 Å². The molecule has 4 heteroatoms. The maximum atomic E-state index is 0. The molecule has 0 aromatic rings. The molecule has 0 atom stereocenters. The third-order valence-corrected chi connectivity index (χ3v) is 0. The van der Waals surface area contributed by atoms with Gasteiger partial charge in [0.1, 0.15) is 0 Å². The molecule has 0 aliphatic heterocycles. The van der Waals surface area contributed by atoms with Crippen LogP contribution in [0, 0.1) is 0 Å². The number of halogens is 1. The molecule has 0 heterocycles. The molecule has 0 saturated carbocycles. The van der Waals surface area contributed by atoms with E-state index in [9.17, 15) is 0 Å². The van der Waals surface area contributed by atoms with Gasteiger partial charge in [0.05, 0.1) is 0 Å². The van der Waals surface area contributed by atoms with Gasteiger partial charge >= 0.3 is 23.9 Å². The van der Waals surface area contributed by atoms with Crippen molar-refractivity contribution in [2.24, 2.45) is 0 Å². The fraction of sp³-hybridized carbons (Fsp3) is 0. The van der Waals surface area contributed by atoms with E-state index in [-0.39, 0.29) is 58.8 Å². The van der Waals surface area contributed by atoms with E-state index < -0.39 is 0 Å². The predicted molar refractivity (Wildman–Crippen MR) is 22.5 cm³/mol. The molecule has 0 spiro atoms. The van der Waals surface area contributed by atoms with Gasteiger partial charge in [0.25, 0.3) is 0 Å². The molecule has 4 heavy (non-hydrogen) atoms. The summed E-state index contributed by atoms with van der Waals surface area (Å²) in [5, 5.41) is 0. The molecule has 0 aliphatic rings. The van der Waals surface area contributed by atoms with E-state index in [1.54, 1.807) is 0 Å². The van der Waals surface area contributed by atoms with Gasteiger partial charge in [-0.25, -0.2) is 0 Å². The number of rotatable bonds is 0. The Labute approximate surface area is 58.6 Å². The summed E-state index contributed by atoms with van der Waals surface area (Å²) in [5.41, 5.74) is 0. The summed E-state index contributed by atoms with van der Waals surface area (Å²) >= 11 is 0. The van der Waals surface area contributed by atoms with E-state index in [0.717, 1.165) is 0 Å². The van der Waals surface area contributed by atoms with Crippen molar-refractivity contribution in [1.82, 2.24) is 0 Å². The maximum absolute atomic E-state index is 0. The summed E-state index contributed by atoms with van der Waals surface area (Å²) in [7, 11) is 0. The van der Waals surface area contributed by atoms with Crippen LogP contribution in [-0.2, 0) is 11.0 Å². The summed E-state index contributed by atoms with van der Waals surface area (Å²) in [6, 6.07) is 0. The zero-order chi connectivity index (χ0) is 0. The van der Waals surface area contributed by atoms with Crippen LogP contribution in [0.15, 0.2) is 0 Å². The summed E-state index contributed by atoms with van der Waals surface area (Å²) in [5.74, 6) is 0. The molecule has 0 rings (SSSR count). The minimum atomic E-state index is 0. The molecular formula is HIO2Sn. The molecule has 0 aromatic heterocycles. The number of hydrogen-bond donors (Lipinski definition) is 0. The predicted octanol–water partition coefficient (Wildman–Crippen LogP) is -0.000400. The van der Waals surface area contributed by atoms with Crippen LogP contribution >= 0.6 is 24.0 Å². The van der Waals surface area contributed by atoms with Crippen LogP contribution in [0.5, 0.6) is 0 Å². The van der Waals surface area contributed by atoms with Crippen LogP contribution in [0.25, 0.3) is 0 Å². The van der Waals surface area contributed by atoms with Crippen molar-refractivity contribution in [3.05, 3.63) is 0 Å². The first-order valence-corrected chi connectivity index (χ1v) is 0. The monoisotopic (exact) mass is 280 g/mol. The third-order valence-electron chi connectivity index (χ3n) is 0. The van der Waals surface area contributed by atoms with Crippen molar-refractivity contribution in [3.63, 3.8) is 0 Å². The second-order valence-corrected chi connectivity index (χ2v) is 0. The van der Waals surface area contributed by atoms with Gasteiger partial charge in [0.15, 0.2) is 0 Å². The van der Waals surface area contributed by atoms with Crippen molar-refractivity contribution >= 4 is 47.9 Å². The van der Waals surface area contributed by atoms with E-state index in [4.69, 9.17) is 0 Å². The second-order valence-electron chi connectivity index (χ2n) is 0. The van der Waals surface area contributed by atoms with Crippen molar-refractivity contribution in [2.75, 3.05) is 0 Å². The summed E-state index contributed by atoms with van der Waals surface area (Å²) in [6.07, 6.45) is 0. The zero-order valence-electron chi connectivity index (χ0n) is 1.72. The Hall–Kier alpha value is 1.45. The minimum absolute atomic E-state index is 0. The van der Waals surface area contributed by atoms with Crippen LogP contribution in [0.2, 0.25) is 0 Å². The zero-order valence-corrected chi connectivity index (χ0v) is 6.91. The second kappa shape index (κ2) is 25.2. The standard InChI is InChI=1S/HI.2O.Sn/h1H;;;/q;2*-2;+4. The molecule has 0 radical (unpaired) electrons. The average molecular weight is 279 g/mol. The van der Waals surface area contributed by atoms with Crippen LogP contribution in [0.1, 0.15) is 0 Å². The smallest absolute Gasteiger partial charge is 2.00 e. The molecule has 24 valence electrons. The quantitative estimate of drug-likeness (QED) is 0.442. The first-order chi connectivity index (χ1) is 0. The molecule has 0 saturated heterocycles. The molecule has 0 aliphatic carbocycles. The van der Waals surface area contributed by atoms with Gasteiger partial charge in [0, 0.05) is 0 Å². The van der Waals surface area contributed by atoms with E-state index in [0.29, 0.717) is 0 Å². The first-order valence-electron chi connectivity index (χ1n) is 0. The first kappa shape index (κ1) is 51.4. The average Bonchev–Trinajstić information content (AvgIpc) is 0. The summed E-state index contributed by atoms with van der Waals surface area (Å²) < 4.78 is 0. The van der Waals surface area contributed by atoms with E-state index in [1.165, 1.54) is 0 Å². The number of hydrogen-bond acceptors (Lipinski definition) is 0. The van der Waals surface area contributed by atoms with Gasteiger partial charge < -0.3 is 11.0 Å². The molecule has 0 fully saturated rings. The van der Waals surface area contributed by atoms with Crippen LogP contribution in [0.3, 0.4) is 0 Å². The van der Waals surface area contributed by atoms with Gasteiger partial charge in [-0.3, -0.25) is 0 Å². The van der Waals surface area contributed by atoms with Gasteiger partial charge in [-0.05, 0) is 0 Å². The Morgan fingerprint density at radius 2 is 0.750 bits per heavy atom. The Kier molecular flexibility index (Phi) is 324. The molecule has 2 nitrogen and oxygen atoms in total. The van der Waals surface area contributed by atoms with E-state index >= 15 is 0 Å². The molecule has 0 N–H and O–H groups in total. The van der Waals surface area contributed by atoms with Gasteiger partial charge in [0.2, 0.25) is 0 Å². The van der Waals surface area contributed by atoms with Crippen molar-refractivity contribution in [1.29, 1.82) is 0 Å². The fourth-order valence-electron chi connectivity index (χ4n) is 0. The van der Waals surface area contributed by atoms with Crippen LogP contribution < -0.4 is 0 Å². The topological polar surface area (TPSA) is 57.0 Å². The molecule has 0 bridgehead atoms. The molecule has 0 unspecified atom stereocenters. The van der Waals surface area contributed by atoms with E-state index in [1.807, 2.05) is 0 Å². The van der Waals surface area contributed by atoms with Gasteiger partial charge in [-0.2, -0.15) is 0 Å². The van der Waals surface area contributed by atoms with Crippen molar-refractivity contribution in [3.8, 4) is 0 Å². The maximum Gasteiger partial charge on any atom is 4.00 e. The Balaban J connectivity index is 0. The molecule has 0 amide bonds. The normalized spacial score (nSPS) is 0. The third kappa shape index (κ3) is 9.85. The summed E-state index contributed by atoms with van der Waals surface area (Å²) in [4.78, 5) is 0. The fourth-order valence-corrected chi connectivity index (χ4v) is 0. The van der Waals surface area contributed by atoms with E-state index in [2.05, 4.69) is 0 Å². The molecular weight excluding hydrogens is 278 g/mol. The van der Waals surface area contributed by atoms with Crippen LogP contribution in [0.4, 0.5) is 0 Å². The molecule has 0 aromatic carbocycles. The largest absolute Gasteiger partial charge is 4.00 e. The minimum Gasteiger partial charge on any atom is -2.00 e. The Morgan fingerprint density at radius 3 is 0.750 bits per heavy atom. The Bertz CT molecular complexity index is 6.00. The van der Waals surface area contributed by atoms with Crippen LogP contribution in [-0.4, -0.2) is 23.9 Å². The van der Waals surface area contributed by atoms with Gasteiger partial charge in [-0.15, -0.1) is 24.0 Å². The SMILES string of the molecule is I.[O-2].[O-2].[Sn+4].